The smallest absolute Gasteiger partial charge is 0.237 e. The normalized spacial score (nSPS) is 17.7. The largest absolute Gasteiger partial charge is 0.336 e. The van der Waals surface area contributed by atoms with Gasteiger partial charge in [0.2, 0.25) is 5.91 Å². The van der Waals surface area contributed by atoms with Gasteiger partial charge in [-0.2, -0.15) is 0 Å². The van der Waals surface area contributed by atoms with Crippen LogP contribution in [0.25, 0.3) is 0 Å². The van der Waals surface area contributed by atoms with E-state index >= 15 is 0 Å². The first-order valence-electron chi connectivity index (χ1n) is 6.77. The van der Waals surface area contributed by atoms with E-state index in [2.05, 4.69) is 19.1 Å². The molecule has 2 aromatic rings. The number of halogens is 2. The quantitative estimate of drug-likeness (QED) is 0.741. The first kappa shape index (κ1) is 14.9. The summed E-state index contributed by atoms with van der Waals surface area (Å²) in [7, 11) is 0. The van der Waals surface area contributed by atoms with Crippen LogP contribution >= 0.6 is 34.5 Å². The van der Waals surface area contributed by atoms with Gasteiger partial charge in [0, 0.05) is 17.3 Å². The van der Waals surface area contributed by atoms with Gasteiger partial charge in [-0.3, -0.25) is 4.79 Å². The van der Waals surface area contributed by atoms with Gasteiger partial charge in [-0.05, 0) is 29.7 Å². The molecule has 5 heteroatoms. The lowest BCUT2D eigenvalue weighted by atomic mass is 9.86. The zero-order valence-electron chi connectivity index (χ0n) is 11.6. The second kappa shape index (κ2) is 5.99. The van der Waals surface area contributed by atoms with Crippen LogP contribution in [-0.2, 0) is 11.3 Å². The number of aryl methyl sites for hydroxylation is 1. The number of fused-ring (bicyclic) bond motifs is 1. The molecule has 0 saturated heterocycles. The van der Waals surface area contributed by atoms with Crippen LogP contribution in [-0.4, -0.2) is 23.2 Å². The molecule has 1 aliphatic heterocycles. The fourth-order valence-electron chi connectivity index (χ4n) is 2.90. The number of hydrogen-bond donors (Lipinski definition) is 0. The van der Waals surface area contributed by atoms with Gasteiger partial charge in [0.25, 0.3) is 0 Å². The van der Waals surface area contributed by atoms with E-state index in [0.29, 0.717) is 13.1 Å². The van der Waals surface area contributed by atoms with Crippen molar-refractivity contribution in [1.29, 1.82) is 0 Å². The molecule has 1 amide bonds. The highest BCUT2D eigenvalue weighted by atomic mass is 35.5. The zero-order valence-corrected chi connectivity index (χ0v) is 13.9. The van der Waals surface area contributed by atoms with E-state index in [4.69, 9.17) is 23.2 Å². The van der Waals surface area contributed by atoms with Crippen molar-refractivity contribution in [2.45, 2.75) is 19.4 Å². The van der Waals surface area contributed by atoms with Crippen LogP contribution in [0.15, 0.2) is 30.3 Å². The summed E-state index contributed by atoms with van der Waals surface area (Å²) in [6.45, 7) is 3.38. The van der Waals surface area contributed by atoms with Gasteiger partial charge in [0.1, 0.15) is 5.88 Å². The Balaban J connectivity index is 2.06. The molecule has 0 bridgehead atoms. The van der Waals surface area contributed by atoms with Crippen LogP contribution in [0, 0.1) is 6.92 Å². The predicted octanol–water partition coefficient (Wildman–Crippen LogP) is 4.42. The average molecular weight is 340 g/mol. The number of hydrogen-bond acceptors (Lipinski definition) is 2. The van der Waals surface area contributed by atoms with Crippen molar-refractivity contribution in [2.24, 2.45) is 0 Å². The van der Waals surface area contributed by atoms with Crippen molar-refractivity contribution in [1.82, 2.24) is 4.90 Å². The Morgan fingerprint density at radius 3 is 2.86 bits per heavy atom. The summed E-state index contributed by atoms with van der Waals surface area (Å²) in [5.41, 5.74) is 3.73. The molecule has 0 N–H and O–H groups in total. The molecule has 1 unspecified atom stereocenters. The minimum Gasteiger partial charge on any atom is -0.336 e. The highest BCUT2D eigenvalue weighted by Crippen LogP contribution is 2.40. The maximum absolute atomic E-state index is 12.0. The zero-order chi connectivity index (χ0) is 15.0. The third kappa shape index (κ3) is 2.83. The van der Waals surface area contributed by atoms with Crippen LogP contribution in [0.3, 0.4) is 0 Å². The van der Waals surface area contributed by atoms with E-state index < -0.39 is 0 Å². The van der Waals surface area contributed by atoms with Crippen LogP contribution < -0.4 is 0 Å². The Kier molecular flexibility index (Phi) is 4.25. The van der Waals surface area contributed by atoms with Gasteiger partial charge in [-0.1, -0.05) is 35.9 Å². The summed E-state index contributed by atoms with van der Waals surface area (Å²) in [5.74, 6) is 0.172. The Hall–Kier alpha value is -1.03. The summed E-state index contributed by atoms with van der Waals surface area (Å²) in [6.07, 6.45) is 0. The summed E-state index contributed by atoms with van der Waals surface area (Å²) in [4.78, 5) is 15.0. The monoisotopic (exact) mass is 339 g/mol. The third-order valence-electron chi connectivity index (χ3n) is 3.96. The van der Waals surface area contributed by atoms with Gasteiger partial charge in [0.05, 0.1) is 10.9 Å². The summed E-state index contributed by atoms with van der Waals surface area (Å²) in [5, 5.41) is 0. The van der Waals surface area contributed by atoms with E-state index in [1.165, 1.54) is 16.7 Å². The lowest BCUT2D eigenvalue weighted by molar-refractivity contribution is -0.129. The molecule has 0 radical (unpaired) electrons. The number of rotatable bonds is 2. The number of benzene rings is 1. The van der Waals surface area contributed by atoms with Crippen LogP contribution in [0.5, 0.6) is 0 Å². The first-order valence-corrected chi connectivity index (χ1v) is 8.50. The van der Waals surface area contributed by atoms with Gasteiger partial charge in [-0.15, -0.1) is 22.9 Å². The Bertz CT molecular complexity index is 683. The topological polar surface area (TPSA) is 20.3 Å². The Morgan fingerprint density at radius 2 is 2.14 bits per heavy atom. The van der Waals surface area contributed by atoms with E-state index in [9.17, 15) is 4.79 Å². The molecule has 0 fully saturated rings. The first-order chi connectivity index (χ1) is 10.1. The van der Waals surface area contributed by atoms with Gasteiger partial charge in [-0.25, -0.2) is 0 Å². The van der Waals surface area contributed by atoms with Gasteiger partial charge in [0.15, 0.2) is 0 Å². The minimum absolute atomic E-state index is 0.0228. The van der Waals surface area contributed by atoms with E-state index in [1.54, 1.807) is 11.3 Å². The number of alkyl halides is 1. The number of amides is 1. The van der Waals surface area contributed by atoms with Crippen molar-refractivity contribution in [3.63, 3.8) is 0 Å². The molecule has 0 spiro atoms. The van der Waals surface area contributed by atoms with Crippen molar-refractivity contribution in [2.75, 3.05) is 12.4 Å². The predicted molar refractivity (Wildman–Crippen MR) is 88.5 cm³/mol. The summed E-state index contributed by atoms with van der Waals surface area (Å²) in [6, 6.07) is 10.3. The van der Waals surface area contributed by atoms with E-state index in [1.807, 2.05) is 23.1 Å². The van der Waals surface area contributed by atoms with Crippen molar-refractivity contribution < 1.29 is 4.79 Å². The second-order valence-corrected chi connectivity index (χ2v) is 7.28. The Labute approximate surface area is 138 Å². The molecule has 2 heterocycles. The van der Waals surface area contributed by atoms with Crippen molar-refractivity contribution >= 4 is 40.4 Å². The molecule has 2 nitrogen and oxygen atoms in total. The molecular formula is C16H15Cl2NOS. The molecule has 1 atom stereocenters. The third-order valence-corrected chi connectivity index (χ3v) is 5.45. The molecule has 1 aromatic heterocycles. The number of carbonyl (C=O) groups is 1. The maximum atomic E-state index is 12.0. The van der Waals surface area contributed by atoms with E-state index in [-0.39, 0.29) is 17.7 Å². The fraction of sp³-hybridized carbons (Fsp3) is 0.312. The van der Waals surface area contributed by atoms with Crippen LogP contribution in [0.1, 0.15) is 27.5 Å². The highest BCUT2D eigenvalue weighted by Gasteiger charge is 2.31. The maximum Gasteiger partial charge on any atom is 0.237 e. The lowest BCUT2D eigenvalue weighted by Crippen LogP contribution is -2.38. The van der Waals surface area contributed by atoms with Crippen molar-refractivity contribution in [3.8, 4) is 0 Å². The van der Waals surface area contributed by atoms with E-state index in [0.717, 1.165) is 9.21 Å². The molecule has 21 heavy (non-hydrogen) atoms. The number of carbonyl (C=O) groups excluding carboxylic acids is 1. The van der Waals surface area contributed by atoms with Crippen molar-refractivity contribution in [3.05, 3.63) is 56.2 Å². The SMILES string of the molecule is Cc1ccccc1C1CN(C(=O)CCl)Cc2sc(Cl)cc21. The molecular weight excluding hydrogens is 325 g/mol. The minimum atomic E-state index is -0.0228. The summed E-state index contributed by atoms with van der Waals surface area (Å²) < 4.78 is 0.777. The van der Waals surface area contributed by atoms with Crippen LogP contribution in [0.2, 0.25) is 4.34 Å². The molecule has 0 saturated carbocycles. The number of thiophene rings is 1. The second-order valence-electron chi connectivity index (χ2n) is 5.25. The van der Waals surface area contributed by atoms with Crippen LogP contribution in [0.4, 0.5) is 0 Å². The number of nitrogens with zero attached hydrogens (tertiary/aromatic N) is 1. The standard InChI is InChI=1S/C16H15Cl2NOS/c1-10-4-2-3-5-11(10)13-8-19(16(20)7-17)9-14-12(13)6-15(18)21-14/h2-6,13H,7-9H2,1H3. The summed E-state index contributed by atoms with van der Waals surface area (Å²) >= 11 is 13.5. The van der Waals surface area contributed by atoms with Gasteiger partial charge < -0.3 is 4.90 Å². The molecule has 1 aliphatic rings. The van der Waals surface area contributed by atoms with Gasteiger partial charge >= 0.3 is 0 Å². The molecule has 1 aromatic carbocycles. The average Bonchev–Trinajstić information content (AvgIpc) is 2.86. The Morgan fingerprint density at radius 1 is 1.38 bits per heavy atom. The highest BCUT2D eigenvalue weighted by molar-refractivity contribution is 7.16. The fourth-order valence-corrected chi connectivity index (χ4v) is 4.43. The lowest BCUT2D eigenvalue weighted by Gasteiger charge is -2.33. The molecule has 3 rings (SSSR count). The molecule has 110 valence electrons. The molecule has 0 aliphatic carbocycles.